The van der Waals surface area contributed by atoms with Gasteiger partial charge in [0.1, 0.15) is 0 Å². The molecule has 0 amide bonds. The monoisotopic (exact) mass is 713 g/mol. The zero-order chi connectivity index (χ0) is 37.2. The third-order valence-electron chi connectivity index (χ3n) is 8.57. The van der Waals surface area contributed by atoms with Crippen LogP contribution in [0.3, 0.4) is 0 Å². The van der Waals surface area contributed by atoms with Crippen molar-refractivity contribution in [3.63, 3.8) is 0 Å². The smallest absolute Gasteiger partial charge is 0.305 e. The van der Waals surface area contributed by atoms with Crippen LogP contribution in [0.4, 0.5) is 0 Å². The second kappa shape index (κ2) is 43.0. The van der Waals surface area contributed by atoms with Gasteiger partial charge in [-0.05, 0) is 51.4 Å². The quantitative estimate of drug-likeness (QED) is 0.0359. The first kappa shape index (κ1) is 50.0. The fourth-order valence-electron chi connectivity index (χ4n) is 5.29. The van der Waals surface area contributed by atoms with Gasteiger partial charge >= 0.3 is 23.9 Å². The summed E-state index contributed by atoms with van der Waals surface area (Å²) >= 11 is 0. The zero-order valence-corrected chi connectivity index (χ0v) is 33.3. The van der Waals surface area contributed by atoms with E-state index >= 15 is 0 Å². The van der Waals surface area contributed by atoms with Gasteiger partial charge in [-0.15, -0.1) is 0 Å². The maximum atomic E-state index is 11.6. The first-order valence-electron chi connectivity index (χ1n) is 21.0. The molecule has 0 spiro atoms. The summed E-state index contributed by atoms with van der Waals surface area (Å²) in [6, 6.07) is 0. The molecule has 0 unspecified atom stereocenters. The standard InChI is InChI=1S/C22H42O4.C20H38O4/c1-3-5-7-9-11-15-19-25-21(23)17-13-14-18-22(24)26-20-16-12-10-8-6-4-2;1-3-5-7-9-13-17-23-19(21)15-11-12-16-20(22)24-18-14-10-8-6-4-2/h3-20H2,1-2H3;3-18H2,1-2H3. The summed E-state index contributed by atoms with van der Waals surface area (Å²) in [6.07, 6.45) is 30.2. The normalized spacial score (nSPS) is 10.6. The van der Waals surface area contributed by atoms with Crippen molar-refractivity contribution in [2.24, 2.45) is 0 Å². The predicted octanol–water partition coefficient (Wildman–Crippen LogP) is 11.9. The molecule has 0 aliphatic heterocycles. The van der Waals surface area contributed by atoms with Gasteiger partial charge < -0.3 is 18.9 Å². The maximum Gasteiger partial charge on any atom is 0.305 e. The lowest BCUT2D eigenvalue weighted by molar-refractivity contribution is -0.146. The molecular formula is C42H80O8. The molecular weight excluding hydrogens is 632 g/mol. The average molecular weight is 713 g/mol. The van der Waals surface area contributed by atoms with Crippen LogP contribution in [-0.4, -0.2) is 50.3 Å². The molecule has 0 aromatic carbocycles. The van der Waals surface area contributed by atoms with Crippen molar-refractivity contribution in [3.05, 3.63) is 0 Å². The molecule has 0 bridgehead atoms. The van der Waals surface area contributed by atoms with Crippen LogP contribution in [-0.2, 0) is 38.1 Å². The van der Waals surface area contributed by atoms with E-state index < -0.39 is 0 Å². The Hall–Kier alpha value is -2.12. The Labute approximate surface area is 308 Å². The van der Waals surface area contributed by atoms with Gasteiger partial charge in [0.25, 0.3) is 0 Å². The molecule has 8 heteroatoms. The lowest BCUT2D eigenvalue weighted by Crippen LogP contribution is -2.08. The second-order valence-corrected chi connectivity index (χ2v) is 13.7. The summed E-state index contributed by atoms with van der Waals surface area (Å²) in [5, 5.41) is 0. The van der Waals surface area contributed by atoms with Crippen LogP contribution in [0.2, 0.25) is 0 Å². The Morgan fingerprint density at radius 2 is 0.440 bits per heavy atom. The summed E-state index contributed by atoms with van der Waals surface area (Å²) in [7, 11) is 0. The number of unbranched alkanes of at least 4 members (excludes halogenated alkanes) is 20. The number of hydrogen-bond donors (Lipinski definition) is 0. The van der Waals surface area contributed by atoms with Crippen molar-refractivity contribution < 1.29 is 38.1 Å². The van der Waals surface area contributed by atoms with Crippen molar-refractivity contribution in [2.45, 2.75) is 220 Å². The molecule has 0 radical (unpaired) electrons. The summed E-state index contributed by atoms with van der Waals surface area (Å²) in [4.78, 5) is 46.3. The highest BCUT2D eigenvalue weighted by Crippen LogP contribution is 2.09. The van der Waals surface area contributed by atoms with Crippen molar-refractivity contribution in [1.29, 1.82) is 0 Å². The van der Waals surface area contributed by atoms with Gasteiger partial charge in [0.2, 0.25) is 0 Å². The van der Waals surface area contributed by atoms with Crippen molar-refractivity contribution in [2.75, 3.05) is 26.4 Å². The minimum absolute atomic E-state index is 0.140. The second-order valence-electron chi connectivity index (χ2n) is 13.7. The average Bonchev–Trinajstić information content (AvgIpc) is 3.11. The lowest BCUT2D eigenvalue weighted by atomic mass is 10.1. The topological polar surface area (TPSA) is 105 Å². The van der Waals surface area contributed by atoms with E-state index in [1.807, 2.05) is 0 Å². The summed E-state index contributed by atoms with van der Waals surface area (Å²) in [5.74, 6) is -0.567. The van der Waals surface area contributed by atoms with Gasteiger partial charge in [-0.1, -0.05) is 143 Å². The Kier molecular flexibility index (Phi) is 43.0. The van der Waals surface area contributed by atoms with Crippen LogP contribution in [0, 0.1) is 0 Å². The largest absolute Gasteiger partial charge is 0.466 e. The minimum Gasteiger partial charge on any atom is -0.466 e. The van der Waals surface area contributed by atoms with Crippen LogP contribution in [0.25, 0.3) is 0 Å². The number of carbonyl (C=O) groups is 4. The van der Waals surface area contributed by atoms with Gasteiger partial charge in [-0.3, -0.25) is 19.2 Å². The van der Waals surface area contributed by atoms with E-state index in [0.717, 1.165) is 51.4 Å². The van der Waals surface area contributed by atoms with E-state index in [1.54, 1.807) is 0 Å². The van der Waals surface area contributed by atoms with E-state index in [-0.39, 0.29) is 23.9 Å². The SMILES string of the molecule is CCCCCCCCOC(=O)CCCCC(=O)OCCCCCCCC.CCCCCCCOC(=O)CCCCC(=O)OCCCCCCC. The van der Waals surface area contributed by atoms with E-state index in [1.165, 1.54) is 89.9 Å². The molecule has 0 atom stereocenters. The van der Waals surface area contributed by atoms with Crippen LogP contribution in [0.1, 0.15) is 220 Å². The van der Waals surface area contributed by atoms with Gasteiger partial charge in [0.15, 0.2) is 0 Å². The van der Waals surface area contributed by atoms with Gasteiger partial charge in [-0.25, -0.2) is 0 Å². The number of esters is 4. The van der Waals surface area contributed by atoms with Crippen LogP contribution < -0.4 is 0 Å². The fourth-order valence-corrected chi connectivity index (χ4v) is 5.29. The zero-order valence-electron chi connectivity index (χ0n) is 33.3. The predicted molar refractivity (Wildman–Crippen MR) is 205 cm³/mol. The van der Waals surface area contributed by atoms with Gasteiger partial charge in [0, 0.05) is 25.7 Å². The highest BCUT2D eigenvalue weighted by atomic mass is 16.5. The highest BCUT2D eigenvalue weighted by Gasteiger charge is 2.07. The van der Waals surface area contributed by atoms with E-state index in [0.29, 0.717) is 77.8 Å². The fraction of sp³-hybridized carbons (Fsp3) is 0.905. The third-order valence-corrected chi connectivity index (χ3v) is 8.57. The molecule has 296 valence electrons. The molecule has 0 N–H and O–H groups in total. The summed E-state index contributed by atoms with van der Waals surface area (Å²) in [6.45, 7) is 10.9. The number of carbonyl (C=O) groups excluding carboxylic acids is 4. The number of rotatable bonds is 36. The Morgan fingerprint density at radius 1 is 0.260 bits per heavy atom. The first-order chi connectivity index (χ1) is 24.4. The van der Waals surface area contributed by atoms with Crippen molar-refractivity contribution >= 4 is 23.9 Å². The molecule has 0 aliphatic rings. The molecule has 0 saturated carbocycles. The minimum atomic E-state index is -0.144. The van der Waals surface area contributed by atoms with Gasteiger partial charge in [-0.2, -0.15) is 0 Å². The first-order valence-corrected chi connectivity index (χ1v) is 21.0. The third kappa shape index (κ3) is 43.9. The van der Waals surface area contributed by atoms with Gasteiger partial charge in [0.05, 0.1) is 26.4 Å². The van der Waals surface area contributed by atoms with Crippen molar-refractivity contribution in [1.82, 2.24) is 0 Å². The van der Waals surface area contributed by atoms with Crippen molar-refractivity contribution in [3.8, 4) is 0 Å². The van der Waals surface area contributed by atoms with Crippen LogP contribution in [0.15, 0.2) is 0 Å². The Bertz CT molecular complexity index is 692. The van der Waals surface area contributed by atoms with Crippen LogP contribution in [0.5, 0.6) is 0 Å². The molecule has 0 saturated heterocycles. The van der Waals surface area contributed by atoms with E-state index in [4.69, 9.17) is 18.9 Å². The maximum absolute atomic E-state index is 11.6. The molecule has 0 rings (SSSR count). The molecule has 8 nitrogen and oxygen atoms in total. The molecule has 0 aliphatic carbocycles. The molecule has 0 aromatic rings. The molecule has 0 fully saturated rings. The molecule has 0 heterocycles. The number of ether oxygens (including phenoxy) is 4. The lowest BCUT2D eigenvalue weighted by Gasteiger charge is -2.06. The summed E-state index contributed by atoms with van der Waals surface area (Å²) < 4.78 is 20.8. The highest BCUT2D eigenvalue weighted by molar-refractivity contribution is 5.71. The number of hydrogen-bond acceptors (Lipinski definition) is 8. The van der Waals surface area contributed by atoms with Crippen LogP contribution >= 0.6 is 0 Å². The Morgan fingerprint density at radius 3 is 0.640 bits per heavy atom. The van der Waals surface area contributed by atoms with E-state index in [2.05, 4.69) is 27.7 Å². The molecule has 50 heavy (non-hydrogen) atoms. The summed E-state index contributed by atoms with van der Waals surface area (Å²) in [5.41, 5.74) is 0. The van der Waals surface area contributed by atoms with E-state index in [9.17, 15) is 19.2 Å². The molecule has 0 aromatic heterocycles. The Balaban J connectivity index is 0.